The lowest BCUT2D eigenvalue weighted by Crippen LogP contribution is -2.54. The van der Waals surface area contributed by atoms with Crippen LogP contribution in [0.15, 0.2) is 0 Å². The molecule has 11 heavy (non-hydrogen) atoms. The molecule has 0 aromatic carbocycles. The maximum atomic E-state index is 12.8. The maximum absolute atomic E-state index is 12.8. The van der Waals surface area contributed by atoms with Gasteiger partial charge in [-0.2, -0.15) is 8.78 Å². The van der Waals surface area contributed by atoms with E-state index in [2.05, 4.69) is 15.9 Å². The summed E-state index contributed by atoms with van der Waals surface area (Å²) >= 11 is 2.26. The summed E-state index contributed by atoms with van der Waals surface area (Å²) in [5.41, 5.74) is -1.60. The summed E-state index contributed by atoms with van der Waals surface area (Å²) in [7, 11) is 4.30. The molecule has 68 valence electrons. The second kappa shape index (κ2) is 3.33. The second-order valence-electron chi connectivity index (χ2n) is 2.58. The highest BCUT2D eigenvalue weighted by Crippen LogP contribution is 2.38. The molecule has 0 fully saturated rings. The van der Waals surface area contributed by atoms with E-state index in [1.807, 2.05) is 0 Å². The van der Waals surface area contributed by atoms with E-state index in [9.17, 15) is 8.78 Å². The summed E-state index contributed by atoms with van der Waals surface area (Å²) in [6.45, 7) is 1.31. The van der Waals surface area contributed by atoms with Gasteiger partial charge in [-0.3, -0.25) is 4.90 Å². The third-order valence-corrected chi connectivity index (χ3v) is 2.51. The third kappa shape index (κ3) is 2.10. The zero-order chi connectivity index (χ0) is 9.28. The van der Waals surface area contributed by atoms with Crippen LogP contribution in [0.3, 0.4) is 0 Å². The first-order valence-electron chi connectivity index (χ1n) is 3.05. The van der Waals surface area contributed by atoms with E-state index < -0.39 is 10.6 Å². The van der Waals surface area contributed by atoms with Crippen molar-refractivity contribution in [3.05, 3.63) is 0 Å². The normalized spacial score (nSPS) is 18.5. The Kier molecular flexibility index (Phi) is 3.41. The Morgan fingerprint density at radius 3 is 1.73 bits per heavy atom. The van der Waals surface area contributed by atoms with Crippen molar-refractivity contribution in [1.82, 2.24) is 4.90 Å². The van der Waals surface area contributed by atoms with Crippen LogP contribution in [-0.4, -0.2) is 36.7 Å². The summed E-state index contributed by atoms with van der Waals surface area (Å²) in [5, 5.41) is 0. The van der Waals surface area contributed by atoms with Crippen molar-refractivity contribution in [2.75, 3.05) is 21.2 Å². The highest BCUT2D eigenvalue weighted by Gasteiger charge is 2.50. The predicted octanol–water partition coefficient (Wildman–Crippen LogP) is 1.90. The molecule has 0 amide bonds. The summed E-state index contributed by atoms with van der Waals surface area (Å²) in [6.07, 6.45) is 0. The Hall–Kier alpha value is 0.260. The smallest absolute Gasteiger partial charge is 0.342 e. The maximum Gasteiger partial charge on any atom is 0.342 e. The van der Waals surface area contributed by atoms with Gasteiger partial charge in [0.25, 0.3) is 0 Å². The van der Waals surface area contributed by atoms with Gasteiger partial charge in [-0.15, -0.1) is 0 Å². The summed E-state index contributed by atoms with van der Waals surface area (Å²) in [5.74, 6) is 0. The standard InChI is InChI=1S/C6H12BrF2NO/c1-5(11-4,10(2)3)6(7,8)9/h1-4H3. The summed E-state index contributed by atoms with van der Waals surface area (Å²) < 4.78 is 30.2. The zero-order valence-corrected chi connectivity index (χ0v) is 8.58. The van der Waals surface area contributed by atoms with Crippen molar-refractivity contribution < 1.29 is 13.5 Å². The Bertz CT molecular complexity index is 137. The van der Waals surface area contributed by atoms with Gasteiger partial charge in [0, 0.05) is 7.11 Å². The first-order chi connectivity index (χ1) is 4.75. The largest absolute Gasteiger partial charge is 0.357 e. The fourth-order valence-corrected chi connectivity index (χ4v) is 1.07. The predicted molar refractivity (Wildman–Crippen MR) is 43.0 cm³/mol. The molecule has 0 rings (SSSR count). The van der Waals surface area contributed by atoms with E-state index in [4.69, 9.17) is 4.74 Å². The fourth-order valence-electron chi connectivity index (χ4n) is 0.552. The molecule has 5 heteroatoms. The van der Waals surface area contributed by atoms with Crippen LogP contribution in [0, 0.1) is 0 Å². The minimum absolute atomic E-state index is 1.25. The van der Waals surface area contributed by atoms with E-state index in [-0.39, 0.29) is 0 Å². The molecule has 0 aliphatic carbocycles. The number of rotatable bonds is 3. The van der Waals surface area contributed by atoms with Gasteiger partial charge in [0.2, 0.25) is 0 Å². The van der Waals surface area contributed by atoms with Gasteiger partial charge in [-0.25, -0.2) is 0 Å². The average Bonchev–Trinajstić information content (AvgIpc) is 1.83. The highest BCUT2D eigenvalue weighted by molar-refractivity contribution is 9.10. The van der Waals surface area contributed by atoms with E-state index in [1.54, 1.807) is 0 Å². The Labute approximate surface area is 73.6 Å². The molecule has 0 bridgehead atoms. The van der Waals surface area contributed by atoms with Crippen LogP contribution in [0.25, 0.3) is 0 Å². The van der Waals surface area contributed by atoms with Gasteiger partial charge in [-0.05, 0) is 36.9 Å². The molecular weight excluding hydrogens is 220 g/mol. The van der Waals surface area contributed by atoms with Gasteiger partial charge in [0.05, 0.1) is 0 Å². The van der Waals surface area contributed by atoms with Crippen LogP contribution in [0.1, 0.15) is 6.92 Å². The third-order valence-electron chi connectivity index (χ3n) is 1.78. The number of ether oxygens (including phenoxy) is 1. The van der Waals surface area contributed by atoms with Gasteiger partial charge in [0.15, 0.2) is 5.72 Å². The van der Waals surface area contributed by atoms with Gasteiger partial charge >= 0.3 is 4.83 Å². The SMILES string of the molecule is COC(C)(N(C)C)C(F)(F)Br. The van der Waals surface area contributed by atoms with E-state index >= 15 is 0 Å². The molecule has 0 saturated carbocycles. The molecule has 0 aliphatic rings. The topological polar surface area (TPSA) is 12.5 Å². The molecule has 2 nitrogen and oxygen atoms in total. The number of alkyl halides is 3. The molecule has 0 aromatic heterocycles. The van der Waals surface area contributed by atoms with Crippen LogP contribution in [0.4, 0.5) is 8.78 Å². The van der Waals surface area contributed by atoms with Crippen LogP contribution in [0.5, 0.6) is 0 Å². The Balaban J connectivity index is 4.61. The number of nitrogens with zero attached hydrogens (tertiary/aromatic N) is 1. The lowest BCUT2D eigenvalue weighted by atomic mass is 10.2. The number of hydrogen-bond donors (Lipinski definition) is 0. The molecule has 0 N–H and O–H groups in total. The molecule has 0 aromatic rings. The fraction of sp³-hybridized carbons (Fsp3) is 1.00. The first-order valence-corrected chi connectivity index (χ1v) is 3.84. The number of hydrogen-bond acceptors (Lipinski definition) is 2. The van der Waals surface area contributed by atoms with Crippen LogP contribution in [-0.2, 0) is 4.74 Å². The molecule has 0 saturated heterocycles. The van der Waals surface area contributed by atoms with Crippen molar-refractivity contribution in [3.8, 4) is 0 Å². The minimum Gasteiger partial charge on any atom is -0.357 e. The second-order valence-corrected chi connectivity index (χ2v) is 3.58. The van der Waals surface area contributed by atoms with Gasteiger partial charge in [0.1, 0.15) is 0 Å². The van der Waals surface area contributed by atoms with E-state index in [1.165, 1.54) is 33.0 Å². The number of methoxy groups -OCH3 is 1. The molecular formula is C6H12BrF2NO. The molecule has 0 aliphatic heterocycles. The highest BCUT2D eigenvalue weighted by atomic mass is 79.9. The quantitative estimate of drug-likeness (QED) is 0.544. The van der Waals surface area contributed by atoms with Gasteiger partial charge < -0.3 is 4.74 Å². The van der Waals surface area contributed by atoms with E-state index in [0.717, 1.165) is 0 Å². The Morgan fingerprint density at radius 2 is 1.73 bits per heavy atom. The van der Waals surface area contributed by atoms with Gasteiger partial charge in [-0.1, -0.05) is 0 Å². The minimum atomic E-state index is -3.06. The molecule has 0 spiro atoms. The van der Waals surface area contributed by atoms with Crippen LogP contribution >= 0.6 is 15.9 Å². The van der Waals surface area contributed by atoms with Crippen molar-refractivity contribution in [2.45, 2.75) is 17.5 Å². The average molecular weight is 232 g/mol. The van der Waals surface area contributed by atoms with Crippen molar-refractivity contribution in [3.63, 3.8) is 0 Å². The molecule has 0 radical (unpaired) electrons. The lowest BCUT2D eigenvalue weighted by Gasteiger charge is -2.37. The monoisotopic (exact) mass is 231 g/mol. The van der Waals surface area contributed by atoms with Crippen LogP contribution < -0.4 is 0 Å². The van der Waals surface area contributed by atoms with Crippen molar-refractivity contribution in [1.29, 1.82) is 0 Å². The van der Waals surface area contributed by atoms with Crippen molar-refractivity contribution in [2.24, 2.45) is 0 Å². The van der Waals surface area contributed by atoms with Crippen LogP contribution in [0.2, 0.25) is 0 Å². The first kappa shape index (κ1) is 11.3. The number of halogens is 3. The van der Waals surface area contributed by atoms with Crippen molar-refractivity contribution >= 4 is 15.9 Å². The summed E-state index contributed by atoms with van der Waals surface area (Å²) in [4.78, 5) is -1.75. The zero-order valence-electron chi connectivity index (χ0n) is 6.99. The summed E-state index contributed by atoms with van der Waals surface area (Å²) in [6, 6.07) is 0. The van der Waals surface area contributed by atoms with E-state index in [0.29, 0.717) is 0 Å². The Morgan fingerprint density at radius 1 is 1.36 bits per heavy atom. The lowest BCUT2D eigenvalue weighted by molar-refractivity contribution is -0.200. The molecule has 1 atom stereocenters. The molecule has 0 heterocycles. The molecule has 1 unspecified atom stereocenters.